The molecule has 244 valence electrons. The van der Waals surface area contributed by atoms with Gasteiger partial charge in [-0.25, -0.2) is 9.79 Å². The second-order valence-corrected chi connectivity index (χ2v) is 12.7. The van der Waals surface area contributed by atoms with E-state index < -0.39 is 12.0 Å². The van der Waals surface area contributed by atoms with E-state index in [9.17, 15) is 9.59 Å². The predicted molar refractivity (Wildman–Crippen MR) is 194 cm³/mol. The highest BCUT2D eigenvalue weighted by molar-refractivity contribution is 7.07. The third kappa shape index (κ3) is 6.28. The number of carbonyl (C=O) groups is 1. The number of halogens is 1. The van der Waals surface area contributed by atoms with Gasteiger partial charge in [0, 0.05) is 5.56 Å². The summed E-state index contributed by atoms with van der Waals surface area (Å²) >= 11 is 8.04. The molecule has 0 radical (unpaired) electrons. The standard InChI is InChI=1S/C40H31ClN2O5S/c1-3-47-39(45)34-35(27-14-6-4-7-15-27)42-40-43(36(34)28-16-8-5-9-17-28)38(44)33(49-40)23-25-21-31(41)37(32(22-25)46-2)48-24-29-19-12-18-26-13-10-11-20-30(26)29/h4-23,36H,3,24H2,1-2H3/b33-23-/t36-/m0/s1. The van der Waals surface area contributed by atoms with Gasteiger partial charge in [0.2, 0.25) is 0 Å². The number of esters is 1. The van der Waals surface area contributed by atoms with E-state index in [4.69, 9.17) is 30.8 Å². The van der Waals surface area contributed by atoms with Gasteiger partial charge in [0.15, 0.2) is 16.3 Å². The molecule has 0 saturated heterocycles. The van der Waals surface area contributed by atoms with Crippen LogP contribution in [-0.4, -0.2) is 24.3 Å². The van der Waals surface area contributed by atoms with Crippen molar-refractivity contribution in [2.75, 3.05) is 13.7 Å². The number of hydrogen-bond donors (Lipinski definition) is 0. The number of aromatic nitrogens is 1. The summed E-state index contributed by atoms with van der Waals surface area (Å²) in [5.74, 6) is 0.320. The molecule has 7 rings (SSSR count). The van der Waals surface area contributed by atoms with Gasteiger partial charge in [-0.15, -0.1) is 0 Å². The van der Waals surface area contributed by atoms with Crippen LogP contribution in [0.15, 0.2) is 131 Å². The van der Waals surface area contributed by atoms with E-state index >= 15 is 0 Å². The van der Waals surface area contributed by atoms with Gasteiger partial charge < -0.3 is 14.2 Å². The minimum atomic E-state index is -0.753. The molecule has 1 atom stereocenters. The van der Waals surface area contributed by atoms with E-state index in [1.807, 2.05) is 84.9 Å². The number of nitrogens with zero attached hydrogens (tertiary/aromatic N) is 2. The Hall–Kier alpha value is -5.44. The second-order valence-electron chi connectivity index (χ2n) is 11.3. The first-order valence-electron chi connectivity index (χ1n) is 15.8. The van der Waals surface area contributed by atoms with Crippen molar-refractivity contribution in [3.63, 3.8) is 0 Å². The van der Waals surface area contributed by atoms with Crippen LogP contribution < -0.4 is 24.4 Å². The maximum Gasteiger partial charge on any atom is 0.338 e. The normalized spacial score (nSPS) is 14.3. The molecule has 1 aliphatic heterocycles. The van der Waals surface area contributed by atoms with Crippen LogP contribution in [0.1, 0.15) is 35.2 Å². The zero-order valence-electron chi connectivity index (χ0n) is 26.8. The molecule has 0 aliphatic carbocycles. The molecule has 2 heterocycles. The Balaban J connectivity index is 1.32. The molecule has 9 heteroatoms. The van der Waals surface area contributed by atoms with Crippen LogP contribution in [0, 0.1) is 0 Å². The number of hydrogen-bond acceptors (Lipinski definition) is 7. The number of fused-ring (bicyclic) bond motifs is 2. The fourth-order valence-corrected chi connectivity index (χ4v) is 7.35. The van der Waals surface area contributed by atoms with Gasteiger partial charge in [0.1, 0.15) is 6.61 Å². The summed E-state index contributed by atoms with van der Waals surface area (Å²) in [5, 5.41) is 2.57. The van der Waals surface area contributed by atoms with E-state index in [0.29, 0.717) is 49.3 Å². The zero-order valence-corrected chi connectivity index (χ0v) is 28.3. The molecule has 0 spiro atoms. The summed E-state index contributed by atoms with van der Waals surface area (Å²) < 4.78 is 19.5. The number of carbonyl (C=O) groups excluding carboxylic acids is 1. The van der Waals surface area contributed by atoms with Crippen molar-refractivity contribution in [2.24, 2.45) is 4.99 Å². The largest absolute Gasteiger partial charge is 0.493 e. The van der Waals surface area contributed by atoms with E-state index in [1.54, 1.807) is 36.8 Å². The molecule has 5 aromatic carbocycles. The number of ether oxygens (including phenoxy) is 3. The highest BCUT2D eigenvalue weighted by Gasteiger charge is 2.35. The lowest BCUT2D eigenvalue weighted by molar-refractivity contribution is -0.138. The lowest BCUT2D eigenvalue weighted by atomic mass is 9.93. The van der Waals surface area contributed by atoms with Gasteiger partial charge in [0.25, 0.3) is 5.56 Å². The maximum absolute atomic E-state index is 14.3. The monoisotopic (exact) mass is 686 g/mol. The van der Waals surface area contributed by atoms with Crippen molar-refractivity contribution >= 4 is 51.5 Å². The lowest BCUT2D eigenvalue weighted by Crippen LogP contribution is -2.39. The minimum absolute atomic E-state index is 0.181. The van der Waals surface area contributed by atoms with Gasteiger partial charge in [-0.2, -0.15) is 0 Å². The van der Waals surface area contributed by atoms with Gasteiger partial charge in [-0.05, 0) is 52.6 Å². The molecule has 6 aromatic rings. The number of methoxy groups -OCH3 is 1. The Morgan fingerprint density at radius 1 is 0.939 bits per heavy atom. The summed E-state index contributed by atoms with van der Waals surface area (Å²) in [6, 6.07) is 35.9. The molecular formula is C40H31ClN2O5S. The van der Waals surface area contributed by atoms with Gasteiger partial charge in [-0.1, -0.05) is 126 Å². The number of benzene rings is 5. The van der Waals surface area contributed by atoms with Crippen molar-refractivity contribution < 1.29 is 19.0 Å². The minimum Gasteiger partial charge on any atom is -0.493 e. The third-order valence-corrected chi connectivity index (χ3v) is 9.55. The summed E-state index contributed by atoms with van der Waals surface area (Å²) in [6.07, 6.45) is 1.75. The van der Waals surface area contributed by atoms with Crippen LogP contribution in [0.4, 0.5) is 0 Å². The van der Waals surface area contributed by atoms with Crippen molar-refractivity contribution in [2.45, 2.75) is 19.6 Å². The Morgan fingerprint density at radius 2 is 1.65 bits per heavy atom. The summed E-state index contributed by atoms with van der Waals surface area (Å²) in [6.45, 7) is 2.23. The Labute approximate surface area is 291 Å². The molecule has 1 aliphatic rings. The van der Waals surface area contributed by atoms with Gasteiger partial charge >= 0.3 is 5.97 Å². The van der Waals surface area contributed by atoms with Crippen molar-refractivity contribution in [3.8, 4) is 11.5 Å². The molecule has 7 nitrogen and oxygen atoms in total. The SMILES string of the molecule is CCOC(=O)C1=C(c2ccccc2)N=c2s/c(=C\c3cc(Cl)c(OCc4cccc5ccccc45)c(OC)c3)c(=O)n2[C@H]1c1ccccc1. The first kappa shape index (κ1) is 32.1. The topological polar surface area (TPSA) is 79.1 Å². The van der Waals surface area contributed by atoms with Crippen molar-refractivity contribution in [1.82, 2.24) is 4.57 Å². The van der Waals surface area contributed by atoms with Crippen LogP contribution in [-0.2, 0) is 16.1 Å². The van der Waals surface area contributed by atoms with Gasteiger partial charge in [-0.3, -0.25) is 9.36 Å². The molecule has 0 unspecified atom stereocenters. The molecule has 0 bridgehead atoms. The van der Waals surface area contributed by atoms with Crippen LogP contribution in [0.25, 0.3) is 22.5 Å². The molecule has 1 aromatic heterocycles. The predicted octanol–water partition coefficient (Wildman–Crippen LogP) is 7.33. The first-order valence-corrected chi connectivity index (χ1v) is 17.0. The average Bonchev–Trinajstić information content (AvgIpc) is 3.44. The Morgan fingerprint density at radius 3 is 2.41 bits per heavy atom. The molecular weight excluding hydrogens is 656 g/mol. The van der Waals surface area contributed by atoms with E-state index in [2.05, 4.69) is 18.2 Å². The van der Waals surface area contributed by atoms with Crippen molar-refractivity contribution in [1.29, 1.82) is 0 Å². The van der Waals surface area contributed by atoms with Gasteiger partial charge in [0.05, 0.1) is 40.6 Å². The number of rotatable bonds is 9. The summed E-state index contributed by atoms with van der Waals surface area (Å²) in [7, 11) is 1.55. The van der Waals surface area contributed by atoms with Crippen molar-refractivity contribution in [3.05, 3.63) is 168 Å². The molecule has 0 N–H and O–H groups in total. The number of thiazole rings is 1. The van der Waals surface area contributed by atoms with E-state index in [1.165, 1.54) is 11.3 Å². The van der Waals surface area contributed by atoms with E-state index in [0.717, 1.165) is 27.5 Å². The van der Waals surface area contributed by atoms with Crippen LogP contribution in [0.5, 0.6) is 11.5 Å². The smallest absolute Gasteiger partial charge is 0.338 e. The third-order valence-electron chi connectivity index (χ3n) is 8.29. The lowest BCUT2D eigenvalue weighted by Gasteiger charge is -2.25. The maximum atomic E-state index is 14.3. The average molecular weight is 687 g/mol. The van der Waals surface area contributed by atoms with Crippen LogP contribution >= 0.6 is 22.9 Å². The molecule has 0 fully saturated rings. The molecule has 0 amide bonds. The fourth-order valence-electron chi connectivity index (χ4n) is 6.07. The Bertz CT molecular complexity index is 2400. The van der Waals surface area contributed by atoms with Crippen LogP contribution in [0.2, 0.25) is 5.02 Å². The fraction of sp³-hybridized carbons (Fsp3) is 0.125. The zero-order chi connectivity index (χ0) is 33.9. The van der Waals surface area contributed by atoms with E-state index in [-0.39, 0.29) is 12.2 Å². The second kappa shape index (κ2) is 14.0. The summed E-state index contributed by atoms with van der Waals surface area (Å²) in [5.41, 5.74) is 3.66. The summed E-state index contributed by atoms with van der Waals surface area (Å²) in [4.78, 5) is 33.3. The highest BCUT2D eigenvalue weighted by atomic mass is 35.5. The Kier molecular flexibility index (Phi) is 9.15. The highest BCUT2D eigenvalue weighted by Crippen LogP contribution is 2.38. The quantitative estimate of drug-likeness (QED) is 0.149. The first-order chi connectivity index (χ1) is 24.0. The van der Waals surface area contributed by atoms with Crippen LogP contribution in [0.3, 0.4) is 0 Å². The molecule has 49 heavy (non-hydrogen) atoms. The molecule has 0 saturated carbocycles.